The van der Waals surface area contributed by atoms with Crippen LogP contribution < -0.4 is 10.6 Å². The van der Waals surface area contributed by atoms with Crippen molar-refractivity contribution < 1.29 is 14.4 Å². The number of H-pyrrole nitrogens is 1. The summed E-state index contributed by atoms with van der Waals surface area (Å²) in [5.41, 5.74) is 5.32. The van der Waals surface area contributed by atoms with Crippen LogP contribution in [0.5, 0.6) is 0 Å². The van der Waals surface area contributed by atoms with Crippen molar-refractivity contribution in [3.8, 4) is 0 Å². The highest BCUT2D eigenvalue weighted by molar-refractivity contribution is 5.91. The van der Waals surface area contributed by atoms with Crippen molar-refractivity contribution in [3.63, 3.8) is 0 Å². The van der Waals surface area contributed by atoms with Gasteiger partial charge in [0, 0.05) is 62.6 Å². The molecule has 4 aliphatic heterocycles. The maximum Gasteiger partial charge on any atom is 0.322 e. The van der Waals surface area contributed by atoms with Gasteiger partial charge in [0.2, 0.25) is 5.91 Å². The highest BCUT2D eigenvalue weighted by atomic mass is 16.2. The van der Waals surface area contributed by atoms with Crippen molar-refractivity contribution in [2.24, 2.45) is 11.8 Å². The molecule has 1 aromatic heterocycles. The largest absolute Gasteiger partial charge is 0.361 e. The molecule has 0 saturated carbocycles. The van der Waals surface area contributed by atoms with Crippen LogP contribution >= 0.6 is 0 Å². The number of benzene rings is 2. The summed E-state index contributed by atoms with van der Waals surface area (Å²) < 4.78 is 0. The van der Waals surface area contributed by atoms with Crippen molar-refractivity contribution in [1.29, 1.82) is 0 Å². The third kappa shape index (κ3) is 7.04. The number of aromatic amines is 1. The van der Waals surface area contributed by atoms with Gasteiger partial charge in [-0.3, -0.25) is 4.79 Å². The number of urea groups is 2. The second-order valence-electron chi connectivity index (χ2n) is 14.6. The number of hydrogen-bond donors (Lipinski definition) is 3. The predicted molar refractivity (Wildman–Crippen MR) is 189 cm³/mol. The Kier molecular flexibility index (Phi) is 9.62. The van der Waals surface area contributed by atoms with E-state index in [9.17, 15) is 14.4 Å². The average molecular weight is 654 g/mol. The van der Waals surface area contributed by atoms with Crippen LogP contribution in [0, 0.1) is 18.8 Å². The summed E-state index contributed by atoms with van der Waals surface area (Å²) in [7, 11) is 2.21. The van der Waals surface area contributed by atoms with E-state index in [1.807, 2.05) is 39.1 Å². The summed E-state index contributed by atoms with van der Waals surface area (Å²) in [5.74, 6) is 1.45. The standard InChI is InChI=1S/C38H51N7O3/c1-26-23-27(24-31-7-15-39-35(26)31)25-34(36(46)43-18-10-29(11-19-43)28-8-16-42(2)17-9-28)41-37(47)44-20-13-32(14-21-44)45-22-12-30-5-3-4-6-33(30)40-38(45)48/h3-7,15,23-24,28-29,32,34,39H,8-14,16-22,25H2,1-2H3,(H,40,48)(H,41,47). The predicted octanol–water partition coefficient (Wildman–Crippen LogP) is 5.23. The summed E-state index contributed by atoms with van der Waals surface area (Å²) in [6.07, 6.45) is 9.21. The quantitative estimate of drug-likeness (QED) is 0.339. The minimum absolute atomic E-state index is 0.0210. The first-order valence-corrected chi connectivity index (χ1v) is 18.1. The Balaban J connectivity index is 0.996. The third-order valence-corrected chi connectivity index (χ3v) is 11.6. The van der Waals surface area contributed by atoms with Crippen LogP contribution in [0.25, 0.3) is 10.9 Å². The van der Waals surface area contributed by atoms with Crippen LogP contribution in [0.1, 0.15) is 55.2 Å². The van der Waals surface area contributed by atoms with Gasteiger partial charge in [-0.25, -0.2) is 9.59 Å². The molecular formula is C38H51N7O3. The summed E-state index contributed by atoms with van der Waals surface area (Å²) >= 11 is 0. The number of aryl methyl sites for hydroxylation is 1. The number of fused-ring (bicyclic) bond motifs is 2. The van der Waals surface area contributed by atoms with Crippen LogP contribution in [0.15, 0.2) is 48.7 Å². The van der Waals surface area contributed by atoms with Crippen molar-refractivity contribution >= 4 is 34.6 Å². The molecule has 1 atom stereocenters. The van der Waals surface area contributed by atoms with Gasteiger partial charge in [-0.05, 0) is 124 Å². The number of aromatic nitrogens is 1. The summed E-state index contributed by atoms with van der Waals surface area (Å²) in [6, 6.07) is 13.5. The zero-order chi connectivity index (χ0) is 33.2. The van der Waals surface area contributed by atoms with Crippen molar-refractivity contribution in [2.45, 2.75) is 70.4 Å². The normalized spacial score (nSPS) is 21.1. The Hall–Kier alpha value is -4.05. The maximum atomic E-state index is 14.2. The molecule has 2 aromatic carbocycles. The molecule has 0 radical (unpaired) electrons. The monoisotopic (exact) mass is 653 g/mol. The molecule has 1 unspecified atom stereocenters. The fourth-order valence-electron chi connectivity index (χ4n) is 8.66. The van der Waals surface area contributed by atoms with Gasteiger partial charge in [0.05, 0.1) is 0 Å². The molecule has 0 aliphatic carbocycles. The number of anilines is 1. The van der Waals surface area contributed by atoms with Gasteiger partial charge >= 0.3 is 12.1 Å². The molecule has 0 spiro atoms. The van der Waals surface area contributed by atoms with E-state index in [-0.39, 0.29) is 24.0 Å². The van der Waals surface area contributed by atoms with Crippen LogP contribution in [-0.4, -0.2) is 107 Å². The second kappa shape index (κ2) is 14.2. The van der Waals surface area contributed by atoms with Crippen LogP contribution in [0.2, 0.25) is 0 Å². The van der Waals surface area contributed by atoms with Crippen LogP contribution in [-0.2, 0) is 17.6 Å². The number of piperidine rings is 3. The Morgan fingerprint density at radius 1 is 0.875 bits per heavy atom. The van der Waals surface area contributed by atoms with Crippen molar-refractivity contribution in [1.82, 2.24) is 29.9 Å². The molecule has 4 aliphatic rings. The summed E-state index contributed by atoms with van der Waals surface area (Å²) in [6.45, 7) is 7.68. The number of amides is 5. The third-order valence-electron chi connectivity index (χ3n) is 11.6. The highest BCUT2D eigenvalue weighted by Gasteiger charge is 2.36. The number of hydrogen-bond acceptors (Lipinski definition) is 4. The minimum atomic E-state index is -0.638. The lowest BCUT2D eigenvalue weighted by molar-refractivity contribution is -0.135. The number of rotatable bonds is 6. The number of para-hydroxylation sites is 1. The van der Waals surface area contributed by atoms with Crippen LogP contribution in [0.4, 0.5) is 15.3 Å². The van der Waals surface area contributed by atoms with E-state index in [1.54, 1.807) is 0 Å². The van der Waals surface area contributed by atoms with E-state index in [4.69, 9.17) is 0 Å². The molecule has 5 heterocycles. The molecule has 3 fully saturated rings. The topological polar surface area (TPSA) is 104 Å². The van der Waals surface area contributed by atoms with Crippen LogP contribution in [0.3, 0.4) is 0 Å². The van der Waals surface area contributed by atoms with E-state index in [1.165, 1.54) is 25.9 Å². The van der Waals surface area contributed by atoms with Gasteiger partial charge in [0.25, 0.3) is 0 Å². The second-order valence-corrected chi connectivity index (χ2v) is 14.6. The molecule has 7 rings (SSSR count). The first-order valence-electron chi connectivity index (χ1n) is 18.1. The molecule has 0 bridgehead atoms. The molecule has 10 heteroatoms. The van der Waals surface area contributed by atoms with E-state index >= 15 is 0 Å². The molecule has 48 heavy (non-hydrogen) atoms. The van der Waals surface area contributed by atoms with E-state index < -0.39 is 6.04 Å². The SMILES string of the molecule is Cc1cc(CC(NC(=O)N2CCC(N3CCc4ccccc4NC3=O)CC2)C(=O)N2CCC(C3CCN(C)CC3)CC2)cc2cc[nH]c12. The van der Waals surface area contributed by atoms with Gasteiger partial charge in [-0.15, -0.1) is 0 Å². The fraction of sp³-hybridized carbons (Fsp3) is 0.553. The molecule has 3 N–H and O–H groups in total. The Morgan fingerprint density at radius 3 is 2.31 bits per heavy atom. The highest BCUT2D eigenvalue weighted by Crippen LogP contribution is 2.33. The van der Waals surface area contributed by atoms with Gasteiger partial charge in [-0.2, -0.15) is 0 Å². The van der Waals surface area contributed by atoms with Crippen molar-refractivity contribution in [3.05, 3.63) is 65.4 Å². The Labute approximate surface area is 284 Å². The number of likely N-dealkylation sites (tertiary alicyclic amines) is 3. The lowest BCUT2D eigenvalue weighted by atomic mass is 9.79. The number of carbonyl (C=O) groups excluding carboxylic acids is 3. The lowest BCUT2D eigenvalue weighted by Gasteiger charge is -2.41. The Morgan fingerprint density at radius 2 is 1.56 bits per heavy atom. The van der Waals surface area contributed by atoms with E-state index in [2.05, 4.69) is 58.8 Å². The summed E-state index contributed by atoms with van der Waals surface area (Å²) in [4.78, 5) is 52.6. The molecule has 3 aromatic rings. The lowest BCUT2D eigenvalue weighted by Crippen LogP contribution is -2.57. The van der Waals surface area contributed by atoms with Gasteiger partial charge in [-0.1, -0.05) is 24.3 Å². The molecule has 5 amide bonds. The average Bonchev–Trinajstić information content (AvgIpc) is 3.52. The van der Waals surface area contributed by atoms with Gasteiger partial charge < -0.3 is 35.2 Å². The molecular weight excluding hydrogens is 602 g/mol. The zero-order valence-electron chi connectivity index (χ0n) is 28.5. The summed E-state index contributed by atoms with van der Waals surface area (Å²) in [5, 5.41) is 7.38. The number of carbonyl (C=O) groups is 3. The van der Waals surface area contributed by atoms with Gasteiger partial charge in [0.15, 0.2) is 0 Å². The molecule has 256 valence electrons. The van der Waals surface area contributed by atoms with Crippen molar-refractivity contribution in [2.75, 3.05) is 58.2 Å². The van der Waals surface area contributed by atoms with E-state index in [0.29, 0.717) is 44.8 Å². The smallest absolute Gasteiger partial charge is 0.322 e. The first kappa shape index (κ1) is 32.5. The number of nitrogens with zero attached hydrogens (tertiary/aromatic N) is 4. The fourth-order valence-corrected chi connectivity index (χ4v) is 8.66. The zero-order valence-corrected chi connectivity index (χ0v) is 28.5. The van der Waals surface area contributed by atoms with E-state index in [0.717, 1.165) is 71.6 Å². The molecule has 3 saturated heterocycles. The maximum absolute atomic E-state index is 14.2. The number of nitrogens with one attached hydrogen (secondary N) is 3. The van der Waals surface area contributed by atoms with Gasteiger partial charge in [0.1, 0.15) is 6.04 Å². The first-order chi connectivity index (χ1) is 23.3. The Bertz CT molecular complexity index is 1610. The minimum Gasteiger partial charge on any atom is -0.361 e. The molecule has 10 nitrogen and oxygen atoms in total.